The normalized spacial score (nSPS) is 17.7. The van der Waals surface area contributed by atoms with E-state index in [2.05, 4.69) is 65.8 Å². The minimum atomic E-state index is 0.392. The lowest BCUT2D eigenvalue weighted by atomic mass is 9.91. The summed E-state index contributed by atoms with van der Waals surface area (Å²) < 4.78 is 0. The summed E-state index contributed by atoms with van der Waals surface area (Å²) >= 11 is 0. The molecule has 2 N–H and O–H groups in total. The predicted molar refractivity (Wildman–Crippen MR) is 88.8 cm³/mol. The minimum Gasteiger partial charge on any atom is -0.377 e. The van der Waals surface area contributed by atoms with Gasteiger partial charge in [-0.15, -0.1) is 0 Å². The third-order valence-electron chi connectivity index (χ3n) is 4.51. The lowest BCUT2D eigenvalue weighted by Gasteiger charge is -2.25. The summed E-state index contributed by atoms with van der Waals surface area (Å²) in [6, 6.07) is 17.7. The molecule has 0 radical (unpaired) electrons. The number of aromatic amines is 1. The molecular formula is C19H20N2. The molecule has 1 aliphatic rings. The quantitative estimate of drug-likeness (QED) is 0.680. The van der Waals surface area contributed by atoms with Crippen molar-refractivity contribution in [3.63, 3.8) is 0 Å². The molecule has 0 saturated heterocycles. The van der Waals surface area contributed by atoms with Crippen molar-refractivity contribution in [2.24, 2.45) is 0 Å². The van der Waals surface area contributed by atoms with E-state index in [9.17, 15) is 0 Å². The van der Waals surface area contributed by atoms with Gasteiger partial charge in [-0.25, -0.2) is 0 Å². The molecule has 0 fully saturated rings. The molecule has 1 heterocycles. The van der Waals surface area contributed by atoms with Crippen LogP contribution in [0.3, 0.4) is 0 Å². The second-order valence-electron chi connectivity index (χ2n) is 6.02. The second-order valence-corrected chi connectivity index (χ2v) is 6.02. The molecule has 0 saturated carbocycles. The molecular weight excluding hydrogens is 256 g/mol. The van der Waals surface area contributed by atoms with Gasteiger partial charge in [0.1, 0.15) is 0 Å². The first-order valence-electron chi connectivity index (χ1n) is 7.74. The Balaban J connectivity index is 1.71. The third kappa shape index (κ3) is 2.21. The number of H-pyrrole nitrogens is 1. The molecule has 0 aliphatic heterocycles. The fourth-order valence-electron chi connectivity index (χ4n) is 3.41. The maximum atomic E-state index is 3.69. The maximum Gasteiger partial charge on any atom is 0.0666 e. The Bertz CT molecular complexity index is 768. The lowest BCUT2D eigenvalue weighted by Crippen LogP contribution is -2.17. The van der Waals surface area contributed by atoms with Gasteiger partial charge in [0.25, 0.3) is 0 Å². The van der Waals surface area contributed by atoms with Crippen molar-refractivity contribution in [1.29, 1.82) is 0 Å². The van der Waals surface area contributed by atoms with Gasteiger partial charge in [0.2, 0.25) is 0 Å². The van der Waals surface area contributed by atoms with E-state index in [-0.39, 0.29) is 0 Å². The molecule has 0 bridgehead atoms. The highest BCUT2D eigenvalue weighted by Crippen LogP contribution is 2.36. The summed E-state index contributed by atoms with van der Waals surface area (Å²) in [4.78, 5) is 3.64. The Morgan fingerprint density at radius 3 is 2.71 bits per heavy atom. The van der Waals surface area contributed by atoms with Crippen molar-refractivity contribution in [3.8, 4) is 0 Å². The average molecular weight is 276 g/mol. The Kier molecular flexibility index (Phi) is 2.95. The first kappa shape index (κ1) is 12.5. The first-order chi connectivity index (χ1) is 10.3. The zero-order valence-corrected chi connectivity index (χ0v) is 12.3. The van der Waals surface area contributed by atoms with Gasteiger partial charge >= 0.3 is 0 Å². The number of rotatable bonds is 2. The summed E-state index contributed by atoms with van der Waals surface area (Å²) in [6.07, 6.45) is 3.62. The zero-order chi connectivity index (χ0) is 14.2. The van der Waals surface area contributed by atoms with Gasteiger partial charge in [0.15, 0.2) is 0 Å². The number of hydrogen-bond donors (Lipinski definition) is 2. The Morgan fingerprint density at radius 2 is 1.86 bits per heavy atom. The molecule has 3 aromatic rings. The maximum absolute atomic E-state index is 3.69. The SMILES string of the molecule is Cc1ccc(NC2CCCc3c2[nH]c2ccccc32)cc1. The minimum absolute atomic E-state index is 0.392. The number of aryl methyl sites for hydroxylation is 2. The molecule has 1 atom stereocenters. The van der Waals surface area contributed by atoms with Crippen LogP contribution in [0.1, 0.15) is 35.7 Å². The topological polar surface area (TPSA) is 27.8 Å². The molecule has 106 valence electrons. The van der Waals surface area contributed by atoms with Crippen molar-refractivity contribution < 1.29 is 0 Å². The van der Waals surface area contributed by atoms with Gasteiger partial charge in [0, 0.05) is 22.3 Å². The summed E-state index contributed by atoms with van der Waals surface area (Å²) in [6.45, 7) is 2.13. The predicted octanol–water partition coefficient (Wildman–Crippen LogP) is 4.97. The number of anilines is 1. The van der Waals surface area contributed by atoms with E-state index < -0.39 is 0 Å². The molecule has 21 heavy (non-hydrogen) atoms. The highest BCUT2D eigenvalue weighted by molar-refractivity contribution is 5.85. The van der Waals surface area contributed by atoms with Crippen molar-refractivity contribution in [2.45, 2.75) is 32.2 Å². The van der Waals surface area contributed by atoms with E-state index in [1.54, 1.807) is 0 Å². The van der Waals surface area contributed by atoms with Gasteiger partial charge < -0.3 is 10.3 Å². The highest BCUT2D eigenvalue weighted by atomic mass is 15.0. The van der Waals surface area contributed by atoms with Crippen molar-refractivity contribution in [2.75, 3.05) is 5.32 Å². The van der Waals surface area contributed by atoms with Crippen molar-refractivity contribution in [3.05, 3.63) is 65.4 Å². The summed E-state index contributed by atoms with van der Waals surface area (Å²) in [5.41, 5.74) is 6.65. The van der Waals surface area contributed by atoms with Crippen LogP contribution < -0.4 is 5.32 Å². The summed E-state index contributed by atoms with van der Waals surface area (Å²) in [5.74, 6) is 0. The third-order valence-corrected chi connectivity index (χ3v) is 4.51. The molecule has 1 aromatic heterocycles. The number of benzene rings is 2. The monoisotopic (exact) mass is 276 g/mol. The van der Waals surface area contributed by atoms with E-state index in [1.807, 2.05) is 0 Å². The van der Waals surface area contributed by atoms with Crippen LogP contribution in [-0.2, 0) is 6.42 Å². The number of nitrogens with one attached hydrogen (secondary N) is 2. The van der Waals surface area contributed by atoms with Crippen LogP contribution in [0.5, 0.6) is 0 Å². The van der Waals surface area contributed by atoms with E-state index in [0.29, 0.717) is 6.04 Å². The number of fused-ring (bicyclic) bond motifs is 3. The number of para-hydroxylation sites is 1. The van der Waals surface area contributed by atoms with Crippen LogP contribution in [0.15, 0.2) is 48.5 Å². The molecule has 0 amide bonds. The molecule has 0 spiro atoms. The second kappa shape index (κ2) is 4.96. The molecule has 2 aromatic carbocycles. The number of hydrogen-bond acceptors (Lipinski definition) is 1. The van der Waals surface area contributed by atoms with E-state index in [0.717, 1.165) is 0 Å². The smallest absolute Gasteiger partial charge is 0.0666 e. The fraction of sp³-hybridized carbons (Fsp3) is 0.263. The highest BCUT2D eigenvalue weighted by Gasteiger charge is 2.23. The van der Waals surface area contributed by atoms with Gasteiger partial charge in [0.05, 0.1) is 6.04 Å². The molecule has 2 heteroatoms. The Labute approximate surface area is 125 Å². The standard InChI is InChI=1S/C19H20N2/c1-13-9-11-14(12-10-13)20-18-8-4-6-16-15-5-2-3-7-17(15)21-19(16)18/h2-3,5,7,9-12,18,20-21H,4,6,8H2,1H3. The van der Waals surface area contributed by atoms with Gasteiger partial charge in [-0.05, 0) is 49.9 Å². The molecule has 1 unspecified atom stereocenters. The summed E-state index contributed by atoms with van der Waals surface area (Å²) in [7, 11) is 0. The fourth-order valence-corrected chi connectivity index (χ4v) is 3.41. The number of aromatic nitrogens is 1. The Hall–Kier alpha value is -2.22. The lowest BCUT2D eigenvalue weighted by molar-refractivity contribution is 0.593. The van der Waals surface area contributed by atoms with Crippen molar-refractivity contribution in [1.82, 2.24) is 4.98 Å². The zero-order valence-electron chi connectivity index (χ0n) is 12.3. The van der Waals surface area contributed by atoms with Gasteiger partial charge in [-0.3, -0.25) is 0 Å². The van der Waals surface area contributed by atoms with Crippen LogP contribution in [0, 0.1) is 6.92 Å². The van der Waals surface area contributed by atoms with Crippen LogP contribution in [-0.4, -0.2) is 4.98 Å². The van der Waals surface area contributed by atoms with Crippen LogP contribution in [0.25, 0.3) is 10.9 Å². The van der Waals surface area contributed by atoms with Crippen LogP contribution in [0.4, 0.5) is 5.69 Å². The largest absolute Gasteiger partial charge is 0.377 e. The van der Waals surface area contributed by atoms with Crippen LogP contribution >= 0.6 is 0 Å². The van der Waals surface area contributed by atoms with E-state index >= 15 is 0 Å². The van der Waals surface area contributed by atoms with Crippen molar-refractivity contribution >= 4 is 16.6 Å². The molecule has 2 nitrogen and oxygen atoms in total. The van der Waals surface area contributed by atoms with E-state index in [4.69, 9.17) is 0 Å². The van der Waals surface area contributed by atoms with Gasteiger partial charge in [-0.2, -0.15) is 0 Å². The average Bonchev–Trinajstić information content (AvgIpc) is 2.89. The van der Waals surface area contributed by atoms with Crippen LogP contribution in [0.2, 0.25) is 0 Å². The molecule has 4 rings (SSSR count). The Morgan fingerprint density at radius 1 is 1.05 bits per heavy atom. The molecule has 1 aliphatic carbocycles. The van der Waals surface area contributed by atoms with E-state index in [1.165, 1.54) is 52.7 Å². The summed E-state index contributed by atoms with van der Waals surface area (Å²) in [5, 5.41) is 5.09. The first-order valence-corrected chi connectivity index (χ1v) is 7.74. The van der Waals surface area contributed by atoms with Gasteiger partial charge in [-0.1, -0.05) is 35.9 Å².